The van der Waals surface area contributed by atoms with Crippen molar-refractivity contribution in [1.29, 1.82) is 0 Å². The van der Waals surface area contributed by atoms with Gasteiger partial charge in [0.2, 0.25) is 0 Å². The van der Waals surface area contributed by atoms with Gasteiger partial charge >= 0.3 is 0 Å². The highest BCUT2D eigenvalue weighted by Crippen LogP contribution is 2.21. The summed E-state index contributed by atoms with van der Waals surface area (Å²) in [4.78, 5) is 26.6. The maximum atomic E-state index is 12.3. The molecule has 9 heteroatoms. The number of aryl methyl sites for hydroxylation is 3. The van der Waals surface area contributed by atoms with Gasteiger partial charge in [0.25, 0.3) is 11.6 Å². The quantitative estimate of drug-likeness (QED) is 0.509. The molecule has 0 bridgehead atoms. The Hall–Kier alpha value is -3.75. The highest BCUT2D eigenvalue weighted by atomic mass is 16.6. The number of benzene rings is 1. The lowest BCUT2D eigenvalue weighted by atomic mass is 10.2. The predicted octanol–water partition coefficient (Wildman–Crippen LogP) is 3.73. The van der Waals surface area contributed by atoms with Gasteiger partial charge in [-0.15, -0.1) is 0 Å². The van der Waals surface area contributed by atoms with E-state index in [9.17, 15) is 14.9 Å². The third kappa shape index (κ3) is 4.14. The molecule has 0 spiro atoms. The van der Waals surface area contributed by atoms with E-state index in [4.69, 9.17) is 9.26 Å². The first kappa shape index (κ1) is 19.0. The molecule has 9 nitrogen and oxygen atoms in total. The monoisotopic (exact) mass is 382 g/mol. The number of amides is 1. The number of hydrogen-bond acceptors (Lipinski definition) is 7. The van der Waals surface area contributed by atoms with Crippen LogP contribution in [0.25, 0.3) is 0 Å². The van der Waals surface area contributed by atoms with Crippen LogP contribution >= 0.6 is 0 Å². The number of nitrogens with one attached hydrogen (secondary N) is 1. The van der Waals surface area contributed by atoms with Gasteiger partial charge in [-0.25, -0.2) is 4.98 Å². The third-order valence-corrected chi connectivity index (χ3v) is 4.20. The number of hydrogen-bond donors (Lipinski definition) is 1. The predicted molar refractivity (Wildman–Crippen MR) is 100 cm³/mol. The zero-order chi connectivity index (χ0) is 20.3. The summed E-state index contributed by atoms with van der Waals surface area (Å²) in [5.74, 6) is 1.17. The summed E-state index contributed by atoms with van der Waals surface area (Å²) in [7, 11) is 0. The molecule has 1 amide bonds. The highest BCUT2D eigenvalue weighted by Gasteiger charge is 2.14. The molecule has 2 aromatic heterocycles. The number of rotatable bonds is 6. The van der Waals surface area contributed by atoms with E-state index in [-0.39, 0.29) is 17.4 Å². The van der Waals surface area contributed by atoms with E-state index in [1.165, 1.54) is 6.07 Å². The fourth-order valence-electron chi connectivity index (χ4n) is 2.56. The fraction of sp³-hybridized carbons (Fsp3) is 0.211. The smallest absolute Gasteiger partial charge is 0.290 e. The molecule has 0 aliphatic carbocycles. The summed E-state index contributed by atoms with van der Waals surface area (Å²) in [6.45, 7) is 5.57. The van der Waals surface area contributed by atoms with E-state index in [1.54, 1.807) is 31.2 Å². The van der Waals surface area contributed by atoms with Crippen molar-refractivity contribution in [2.24, 2.45) is 0 Å². The third-order valence-electron chi connectivity index (χ3n) is 4.20. The molecule has 1 N–H and O–H groups in total. The molecule has 0 unspecified atom stereocenters. The molecule has 3 aromatic rings. The van der Waals surface area contributed by atoms with Gasteiger partial charge in [0, 0.05) is 11.1 Å². The van der Waals surface area contributed by atoms with Crippen LogP contribution in [0.15, 0.2) is 41.1 Å². The van der Waals surface area contributed by atoms with E-state index in [1.807, 2.05) is 13.8 Å². The Morgan fingerprint density at radius 2 is 1.96 bits per heavy atom. The molecule has 3 rings (SSSR count). The molecule has 0 aliphatic heterocycles. The lowest BCUT2D eigenvalue weighted by Gasteiger charge is -2.08. The average molecular weight is 382 g/mol. The van der Waals surface area contributed by atoms with Gasteiger partial charge in [-0.3, -0.25) is 14.9 Å². The fourth-order valence-corrected chi connectivity index (χ4v) is 2.56. The van der Waals surface area contributed by atoms with Gasteiger partial charge in [-0.05, 0) is 51.1 Å². The minimum absolute atomic E-state index is 0.0993. The maximum Gasteiger partial charge on any atom is 0.290 e. The van der Waals surface area contributed by atoms with E-state index < -0.39 is 4.92 Å². The molecule has 28 heavy (non-hydrogen) atoms. The molecule has 144 valence electrons. The van der Waals surface area contributed by atoms with E-state index >= 15 is 0 Å². The highest BCUT2D eigenvalue weighted by molar-refractivity contribution is 6.03. The number of aromatic nitrogens is 2. The van der Waals surface area contributed by atoms with Crippen molar-refractivity contribution in [2.75, 3.05) is 5.32 Å². The number of nitro groups is 1. The van der Waals surface area contributed by atoms with Crippen molar-refractivity contribution < 1.29 is 19.0 Å². The van der Waals surface area contributed by atoms with Gasteiger partial charge in [0.15, 0.2) is 0 Å². The van der Waals surface area contributed by atoms with Crippen molar-refractivity contribution in [2.45, 2.75) is 27.4 Å². The molecule has 0 saturated heterocycles. The second-order valence-electron chi connectivity index (χ2n) is 6.18. The molecule has 0 fully saturated rings. The molecule has 0 atom stereocenters. The second kappa shape index (κ2) is 7.87. The molecule has 2 heterocycles. The molecular formula is C19H18N4O5. The van der Waals surface area contributed by atoms with Crippen LogP contribution < -0.4 is 10.1 Å². The van der Waals surface area contributed by atoms with Crippen LogP contribution in [-0.4, -0.2) is 21.0 Å². The van der Waals surface area contributed by atoms with E-state index in [2.05, 4.69) is 15.5 Å². The number of anilines is 1. The summed E-state index contributed by atoms with van der Waals surface area (Å²) in [6.07, 6.45) is 1.12. The molecule has 0 saturated carbocycles. The number of carbonyl (C=O) groups excluding carboxylic acids is 1. The number of pyridine rings is 1. The van der Waals surface area contributed by atoms with Crippen molar-refractivity contribution in [3.8, 4) is 5.75 Å². The Bertz CT molecular complexity index is 1010. The Kier molecular flexibility index (Phi) is 5.35. The van der Waals surface area contributed by atoms with Gasteiger partial charge in [0.05, 0.1) is 16.2 Å². The summed E-state index contributed by atoms with van der Waals surface area (Å²) >= 11 is 0. The van der Waals surface area contributed by atoms with Gasteiger partial charge < -0.3 is 14.6 Å². The summed E-state index contributed by atoms with van der Waals surface area (Å²) in [6, 6.07) is 8.06. The standard InChI is InChI=1S/C19H18N4O5/c1-11-8-18(20-9-17(11)23(25)26)21-19(24)14-4-6-15(7-5-14)27-10-16-12(2)22-28-13(16)3/h4-9H,10H2,1-3H3,(H,20,21,24). The minimum atomic E-state index is -0.519. The molecule has 1 aromatic carbocycles. The van der Waals surface area contributed by atoms with Gasteiger partial charge in [0.1, 0.15) is 30.1 Å². The van der Waals surface area contributed by atoms with E-state index in [0.29, 0.717) is 29.2 Å². The van der Waals surface area contributed by atoms with Crippen LogP contribution in [0, 0.1) is 30.9 Å². The van der Waals surface area contributed by atoms with Gasteiger partial charge in [-0.2, -0.15) is 0 Å². The number of ether oxygens (including phenoxy) is 1. The lowest BCUT2D eigenvalue weighted by Crippen LogP contribution is -2.13. The topological polar surface area (TPSA) is 120 Å². The van der Waals surface area contributed by atoms with Crippen LogP contribution in [-0.2, 0) is 6.61 Å². The second-order valence-corrected chi connectivity index (χ2v) is 6.18. The largest absolute Gasteiger partial charge is 0.489 e. The Morgan fingerprint density at radius 3 is 2.54 bits per heavy atom. The molecular weight excluding hydrogens is 364 g/mol. The average Bonchev–Trinajstić information content (AvgIpc) is 2.98. The molecule has 0 radical (unpaired) electrons. The zero-order valence-corrected chi connectivity index (χ0v) is 15.6. The number of nitrogens with zero attached hydrogens (tertiary/aromatic N) is 3. The van der Waals surface area contributed by atoms with Crippen molar-refractivity contribution in [1.82, 2.24) is 10.1 Å². The van der Waals surface area contributed by atoms with Crippen molar-refractivity contribution in [3.63, 3.8) is 0 Å². The first-order chi connectivity index (χ1) is 13.3. The maximum absolute atomic E-state index is 12.3. The van der Waals surface area contributed by atoms with Crippen LogP contribution in [0.2, 0.25) is 0 Å². The molecule has 0 aliphatic rings. The Morgan fingerprint density at radius 1 is 1.25 bits per heavy atom. The SMILES string of the molecule is Cc1cc(NC(=O)c2ccc(OCc3c(C)noc3C)cc2)ncc1[N+](=O)[O-]. The van der Waals surface area contributed by atoms with E-state index in [0.717, 1.165) is 17.5 Å². The van der Waals surface area contributed by atoms with Crippen LogP contribution in [0.4, 0.5) is 11.5 Å². The zero-order valence-electron chi connectivity index (χ0n) is 15.6. The van der Waals surface area contributed by atoms with Crippen LogP contribution in [0.3, 0.4) is 0 Å². The summed E-state index contributed by atoms with van der Waals surface area (Å²) in [5.41, 5.74) is 2.39. The summed E-state index contributed by atoms with van der Waals surface area (Å²) < 4.78 is 10.8. The summed E-state index contributed by atoms with van der Waals surface area (Å²) in [5, 5.41) is 17.3. The van der Waals surface area contributed by atoms with Crippen LogP contribution in [0.5, 0.6) is 5.75 Å². The number of carbonyl (C=O) groups is 1. The first-order valence-electron chi connectivity index (χ1n) is 8.42. The Balaban J connectivity index is 1.63. The van der Waals surface area contributed by atoms with Crippen molar-refractivity contribution in [3.05, 3.63) is 74.8 Å². The first-order valence-corrected chi connectivity index (χ1v) is 8.42. The lowest BCUT2D eigenvalue weighted by molar-refractivity contribution is -0.385. The van der Waals surface area contributed by atoms with Crippen molar-refractivity contribution >= 4 is 17.4 Å². The Labute approximate surface area is 160 Å². The van der Waals surface area contributed by atoms with Crippen LogP contribution in [0.1, 0.15) is 32.9 Å². The normalized spacial score (nSPS) is 10.5. The minimum Gasteiger partial charge on any atom is -0.489 e. The van der Waals surface area contributed by atoms with Gasteiger partial charge in [-0.1, -0.05) is 5.16 Å².